The Bertz CT molecular complexity index is 801. The normalized spacial score (nSPS) is 31.1. The lowest BCUT2D eigenvalue weighted by molar-refractivity contribution is -0.384. The number of benzene rings is 1. The maximum Gasteiger partial charge on any atom is 0.312 e. The third-order valence-electron chi connectivity index (χ3n) is 5.92. The molecule has 1 saturated carbocycles. The van der Waals surface area contributed by atoms with E-state index < -0.39 is 33.4 Å². The molecule has 0 bridgehead atoms. The minimum atomic E-state index is -0.987. The Labute approximate surface area is 145 Å². The summed E-state index contributed by atoms with van der Waals surface area (Å²) in [6.45, 7) is 3.66. The van der Waals surface area contributed by atoms with Gasteiger partial charge in [0.15, 0.2) is 5.76 Å². The second kappa shape index (κ2) is 5.47. The number of carbonyl (C=O) groups excluding carboxylic acids is 1. The maximum atomic E-state index is 12.5. The molecule has 0 amide bonds. The maximum absolute atomic E-state index is 12.5. The van der Waals surface area contributed by atoms with Crippen molar-refractivity contribution in [3.8, 4) is 0 Å². The third-order valence-corrected chi connectivity index (χ3v) is 5.92. The minimum absolute atomic E-state index is 0.160. The lowest BCUT2D eigenvalue weighted by Gasteiger charge is -2.52. The van der Waals surface area contributed by atoms with Gasteiger partial charge in [-0.3, -0.25) is 14.9 Å². The number of nitro benzene ring substituents is 1. The molecule has 2 aliphatic rings. The molecular weight excluding hydrogens is 326 g/mol. The highest BCUT2D eigenvalue weighted by molar-refractivity contribution is 5.80. The van der Waals surface area contributed by atoms with Crippen molar-refractivity contribution < 1.29 is 24.7 Å². The van der Waals surface area contributed by atoms with Crippen LogP contribution in [0.4, 0.5) is 5.69 Å². The Morgan fingerprint density at radius 3 is 2.60 bits per heavy atom. The van der Waals surface area contributed by atoms with Crippen molar-refractivity contribution in [3.05, 3.63) is 45.2 Å². The summed E-state index contributed by atoms with van der Waals surface area (Å²) < 4.78 is 4.97. The molecule has 7 heteroatoms. The van der Waals surface area contributed by atoms with Crippen molar-refractivity contribution in [1.82, 2.24) is 0 Å². The van der Waals surface area contributed by atoms with E-state index in [0.717, 1.165) is 6.42 Å². The largest absolute Gasteiger partial charge is 0.508 e. The van der Waals surface area contributed by atoms with Crippen molar-refractivity contribution in [3.63, 3.8) is 0 Å². The first-order chi connectivity index (χ1) is 11.7. The van der Waals surface area contributed by atoms with Crippen LogP contribution >= 0.6 is 0 Å². The molecule has 0 aliphatic heterocycles. The first-order valence-electron chi connectivity index (χ1n) is 8.16. The zero-order chi connectivity index (χ0) is 18.6. The molecule has 1 aromatic carbocycles. The Balaban J connectivity index is 2.26. The average molecular weight is 347 g/mol. The Morgan fingerprint density at radius 2 is 2.00 bits per heavy atom. The highest BCUT2D eigenvalue weighted by Gasteiger charge is 2.59. The molecule has 0 radical (unpaired) electrons. The van der Waals surface area contributed by atoms with E-state index in [2.05, 4.69) is 0 Å². The number of rotatable bonds is 2. The number of fused-ring (bicyclic) bond motifs is 3. The fraction of sp³-hybridized carbons (Fsp3) is 0.500. The van der Waals surface area contributed by atoms with Crippen LogP contribution < -0.4 is 0 Å². The fourth-order valence-electron chi connectivity index (χ4n) is 4.78. The summed E-state index contributed by atoms with van der Waals surface area (Å²) in [5, 5.41) is 32.3. The van der Waals surface area contributed by atoms with Crippen LogP contribution in [-0.4, -0.2) is 28.2 Å². The van der Waals surface area contributed by atoms with Gasteiger partial charge < -0.3 is 14.9 Å². The van der Waals surface area contributed by atoms with Gasteiger partial charge in [-0.05, 0) is 25.3 Å². The predicted molar refractivity (Wildman–Crippen MR) is 90.1 cm³/mol. The number of carbonyl (C=O) groups is 1. The summed E-state index contributed by atoms with van der Waals surface area (Å²) >= 11 is 0. The zero-order valence-electron chi connectivity index (χ0n) is 14.4. The molecule has 7 nitrogen and oxygen atoms in total. The number of hydrogen-bond acceptors (Lipinski definition) is 6. The quantitative estimate of drug-likeness (QED) is 0.480. The molecule has 1 fully saturated rings. The van der Waals surface area contributed by atoms with Crippen LogP contribution in [0.2, 0.25) is 0 Å². The molecular formula is C18H21NO6. The summed E-state index contributed by atoms with van der Waals surface area (Å²) in [4.78, 5) is 23.0. The van der Waals surface area contributed by atoms with E-state index in [1.807, 2.05) is 6.92 Å². The van der Waals surface area contributed by atoms with E-state index in [0.29, 0.717) is 18.4 Å². The van der Waals surface area contributed by atoms with E-state index in [9.17, 15) is 25.1 Å². The molecule has 2 N–H and O–H groups in total. The topological polar surface area (TPSA) is 110 Å². The molecule has 3 rings (SSSR count). The van der Waals surface area contributed by atoms with Crippen LogP contribution in [0, 0.1) is 21.4 Å². The van der Waals surface area contributed by atoms with Gasteiger partial charge in [0.25, 0.3) is 5.69 Å². The second-order valence-corrected chi connectivity index (χ2v) is 7.33. The van der Waals surface area contributed by atoms with Crippen molar-refractivity contribution in [2.45, 2.75) is 38.5 Å². The summed E-state index contributed by atoms with van der Waals surface area (Å²) in [5.74, 6) is -1.80. The number of allylic oxidation sites excluding steroid dienone is 1. The number of hydrogen-bond donors (Lipinski definition) is 2. The standard InChI is InChI=1S/C18H21NO6/c1-17-7-4-8-18(2,16(22)25-3)15(17)14(21)13(20)11-9-10(19(23)24)5-6-12(11)17/h5-6,9,15,20-21H,4,7-8H2,1-3H3. The fourth-order valence-corrected chi connectivity index (χ4v) is 4.78. The molecule has 0 spiro atoms. The number of ether oxygens (including phenoxy) is 1. The van der Waals surface area contributed by atoms with Gasteiger partial charge in [0.2, 0.25) is 0 Å². The van der Waals surface area contributed by atoms with Gasteiger partial charge in [-0.15, -0.1) is 0 Å². The number of nitrogens with zero attached hydrogens (tertiary/aromatic N) is 1. The predicted octanol–water partition coefficient (Wildman–Crippen LogP) is 3.63. The molecule has 25 heavy (non-hydrogen) atoms. The number of nitro groups is 1. The van der Waals surface area contributed by atoms with Crippen molar-refractivity contribution in [2.75, 3.05) is 7.11 Å². The Morgan fingerprint density at radius 1 is 1.32 bits per heavy atom. The molecule has 0 aromatic heterocycles. The molecule has 3 atom stereocenters. The zero-order valence-corrected chi connectivity index (χ0v) is 14.4. The minimum Gasteiger partial charge on any atom is -0.508 e. The molecule has 134 valence electrons. The average Bonchev–Trinajstić information content (AvgIpc) is 2.58. The van der Waals surface area contributed by atoms with Gasteiger partial charge in [0.1, 0.15) is 5.76 Å². The molecule has 3 unspecified atom stereocenters. The summed E-state index contributed by atoms with van der Waals surface area (Å²) in [6, 6.07) is 4.28. The molecule has 0 heterocycles. The van der Waals surface area contributed by atoms with Crippen molar-refractivity contribution >= 4 is 17.4 Å². The van der Waals surface area contributed by atoms with Crippen LogP contribution in [0.25, 0.3) is 5.76 Å². The number of non-ortho nitro benzene ring substituents is 1. The smallest absolute Gasteiger partial charge is 0.312 e. The van der Waals surface area contributed by atoms with E-state index in [4.69, 9.17) is 4.74 Å². The van der Waals surface area contributed by atoms with Crippen LogP contribution in [-0.2, 0) is 14.9 Å². The van der Waals surface area contributed by atoms with Crippen LogP contribution in [0.1, 0.15) is 44.2 Å². The number of methoxy groups -OCH3 is 1. The van der Waals surface area contributed by atoms with Gasteiger partial charge in [0.05, 0.1) is 17.4 Å². The molecule has 1 aromatic rings. The monoisotopic (exact) mass is 347 g/mol. The van der Waals surface area contributed by atoms with Gasteiger partial charge in [0, 0.05) is 29.0 Å². The summed E-state index contributed by atoms with van der Waals surface area (Å²) in [7, 11) is 1.31. The second-order valence-electron chi connectivity index (χ2n) is 7.33. The SMILES string of the molecule is COC(=O)C1(C)CCCC2(C)c3ccc([N+](=O)[O-])cc3C(O)=C(O)C12. The molecule has 2 aliphatic carbocycles. The molecule has 0 saturated heterocycles. The lowest BCUT2D eigenvalue weighted by Crippen LogP contribution is -2.53. The van der Waals surface area contributed by atoms with Crippen molar-refractivity contribution in [2.24, 2.45) is 11.3 Å². The third kappa shape index (κ3) is 2.22. The first kappa shape index (κ1) is 17.3. The van der Waals surface area contributed by atoms with Crippen molar-refractivity contribution in [1.29, 1.82) is 0 Å². The van der Waals surface area contributed by atoms with E-state index >= 15 is 0 Å². The summed E-state index contributed by atoms with van der Waals surface area (Å²) in [5.41, 5.74) is -0.833. The van der Waals surface area contributed by atoms with Gasteiger partial charge in [-0.25, -0.2) is 0 Å². The highest BCUT2D eigenvalue weighted by Crippen LogP contribution is 2.59. The van der Waals surface area contributed by atoms with Crippen LogP contribution in [0.3, 0.4) is 0 Å². The number of aliphatic hydroxyl groups excluding tert-OH is 2. The van der Waals surface area contributed by atoms with Gasteiger partial charge in [-0.1, -0.05) is 19.4 Å². The van der Waals surface area contributed by atoms with Crippen LogP contribution in [0.5, 0.6) is 0 Å². The van der Waals surface area contributed by atoms with E-state index in [1.54, 1.807) is 13.0 Å². The highest BCUT2D eigenvalue weighted by atomic mass is 16.6. The number of aliphatic hydroxyl groups is 2. The number of esters is 1. The van der Waals surface area contributed by atoms with Crippen LogP contribution in [0.15, 0.2) is 24.0 Å². The van der Waals surface area contributed by atoms with Gasteiger partial charge >= 0.3 is 5.97 Å². The summed E-state index contributed by atoms with van der Waals surface area (Å²) in [6.07, 6.45) is 1.95. The lowest BCUT2D eigenvalue weighted by atomic mass is 9.50. The van der Waals surface area contributed by atoms with Gasteiger partial charge in [-0.2, -0.15) is 0 Å². The Hall–Kier alpha value is -2.57. The first-order valence-corrected chi connectivity index (χ1v) is 8.16. The Kier molecular flexibility index (Phi) is 3.78. The van der Waals surface area contributed by atoms with E-state index in [-0.39, 0.29) is 17.0 Å². The van der Waals surface area contributed by atoms with E-state index in [1.165, 1.54) is 19.2 Å².